The number of hydrogen-bond acceptors (Lipinski definition) is 9. The van der Waals surface area contributed by atoms with Crippen LogP contribution >= 0.6 is 0 Å². The van der Waals surface area contributed by atoms with E-state index >= 15 is 0 Å². The van der Waals surface area contributed by atoms with Crippen LogP contribution in [0.1, 0.15) is 58.8 Å². The number of aliphatic carboxylic acids is 1. The van der Waals surface area contributed by atoms with Gasteiger partial charge in [-0.1, -0.05) is 18.2 Å². The highest BCUT2D eigenvalue weighted by Crippen LogP contribution is 2.36. The number of nitrogens with zero attached hydrogens (tertiary/aromatic N) is 1. The summed E-state index contributed by atoms with van der Waals surface area (Å²) in [4.78, 5) is 66.8. The first-order valence-corrected chi connectivity index (χ1v) is 15.3. The fourth-order valence-corrected chi connectivity index (χ4v) is 5.81. The van der Waals surface area contributed by atoms with Crippen LogP contribution in [0.25, 0.3) is 0 Å². The van der Waals surface area contributed by atoms with Crippen molar-refractivity contribution in [2.45, 2.75) is 95.1 Å². The minimum absolute atomic E-state index is 0.00900. The Labute approximate surface area is 262 Å². The minimum atomic E-state index is -1.32. The molecule has 14 nitrogen and oxygen atoms in total. The summed E-state index contributed by atoms with van der Waals surface area (Å²) in [5.74, 6) is -4.53. The molecule has 3 aliphatic rings. The molecule has 2 unspecified atom stereocenters. The van der Waals surface area contributed by atoms with E-state index in [9.17, 15) is 39.3 Å². The summed E-state index contributed by atoms with van der Waals surface area (Å²) < 4.78 is 0. The topological polar surface area (TPSA) is 237 Å². The van der Waals surface area contributed by atoms with Gasteiger partial charge < -0.3 is 47.6 Å². The Kier molecular flexibility index (Phi) is 12.5. The Bertz CT molecular complexity index is 1290. The van der Waals surface area contributed by atoms with Crippen LogP contribution in [-0.4, -0.2) is 99.7 Å². The fraction of sp³-hybridized carbons (Fsp3) is 0.581. The zero-order valence-corrected chi connectivity index (χ0v) is 26.0. The molecule has 4 bridgehead atoms. The van der Waals surface area contributed by atoms with Gasteiger partial charge in [0.2, 0.25) is 23.6 Å². The number of carbonyl (C=O) groups is 5. The first-order valence-electron chi connectivity index (χ1n) is 15.3. The number of unbranched alkanes of at least 4 members (excludes halogenated alkanes) is 1. The molecule has 0 aromatic carbocycles. The molecule has 3 rings (SSSR count). The van der Waals surface area contributed by atoms with Gasteiger partial charge in [0.1, 0.15) is 29.9 Å². The molecular formula is C31H46N6O8. The van der Waals surface area contributed by atoms with Crippen LogP contribution in [0, 0.1) is 5.92 Å². The van der Waals surface area contributed by atoms with Crippen molar-refractivity contribution in [3.63, 3.8) is 0 Å². The minimum Gasteiger partial charge on any atom is -0.508 e. The van der Waals surface area contributed by atoms with Crippen molar-refractivity contribution in [3.05, 3.63) is 46.8 Å². The average Bonchev–Trinajstić information content (AvgIpc) is 2.96. The number of rotatable bonds is 10. The zero-order chi connectivity index (χ0) is 33.4. The molecule has 0 radical (unpaired) electrons. The third-order valence-electron chi connectivity index (χ3n) is 8.24. The maximum atomic E-state index is 14.0. The van der Waals surface area contributed by atoms with E-state index in [-0.39, 0.29) is 37.9 Å². The van der Waals surface area contributed by atoms with Crippen LogP contribution < -0.4 is 27.4 Å². The van der Waals surface area contributed by atoms with Gasteiger partial charge in [-0.2, -0.15) is 0 Å². The molecule has 1 aliphatic heterocycles. The molecule has 4 amide bonds. The van der Waals surface area contributed by atoms with Crippen molar-refractivity contribution in [1.82, 2.24) is 20.9 Å². The lowest BCUT2D eigenvalue weighted by Gasteiger charge is -2.37. The Balaban J connectivity index is 2.04. The van der Waals surface area contributed by atoms with E-state index in [0.29, 0.717) is 36.1 Å². The number of allylic oxidation sites excluding steroid dienone is 2. The van der Waals surface area contributed by atoms with E-state index in [1.54, 1.807) is 25.2 Å². The zero-order valence-electron chi connectivity index (χ0n) is 26.0. The fourth-order valence-electron chi connectivity index (χ4n) is 5.81. The van der Waals surface area contributed by atoms with Gasteiger partial charge >= 0.3 is 5.97 Å². The van der Waals surface area contributed by atoms with E-state index in [0.717, 1.165) is 0 Å². The van der Waals surface area contributed by atoms with Gasteiger partial charge in [0.05, 0.1) is 6.10 Å². The van der Waals surface area contributed by atoms with Gasteiger partial charge in [0.25, 0.3) is 0 Å². The molecule has 0 fully saturated rings. The molecule has 14 heteroatoms. The number of carboxylic acid groups (broad SMARTS) is 1. The quantitative estimate of drug-likeness (QED) is 0.146. The van der Waals surface area contributed by atoms with Gasteiger partial charge in [-0.05, 0) is 69.7 Å². The lowest BCUT2D eigenvalue weighted by atomic mass is 9.79. The van der Waals surface area contributed by atoms with Gasteiger partial charge in [-0.15, -0.1) is 0 Å². The number of carboxylic acids is 1. The number of nitrogens with two attached hydrogens (primary N) is 2. The summed E-state index contributed by atoms with van der Waals surface area (Å²) >= 11 is 0. The van der Waals surface area contributed by atoms with Crippen LogP contribution in [0.2, 0.25) is 0 Å². The molecule has 1 heterocycles. The van der Waals surface area contributed by atoms with Crippen molar-refractivity contribution in [2.24, 2.45) is 17.4 Å². The van der Waals surface area contributed by atoms with Crippen molar-refractivity contribution in [2.75, 3.05) is 13.6 Å². The number of carbonyl (C=O) groups excluding carboxylic acids is 4. The number of nitrogens with one attached hydrogen (secondary N) is 3. The lowest BCUT2D eigenvalue weighted by molar-refractivity contribution is -0.144. The number of aliphatic hydroxyl groups excluding tert-OH is 2. The highest BCUT2D eigenvalue weighted by molar-refractivity contribution is 5.95. The van der Waals surface area contributed by atoms with Crippen molar-refractivity contribution in [1.29, 1.82) is 0 Å². The maximum Gasteiger partial charge on any atom is 0.326 e. The largest absolute Gasteiger partial charge is 0.508 e. The maximum absolute atomic E-state index is 14.0. The Morgan fingerprint density at radius 3 is 2.51 bits per heavy atom. The van der Waals surface area contributed by atoms with Gasteiger partial charge in [-0.3, -0.25) is 19.2 Å². The second-order valence-corrected chi connectivity index (χ2v) is 12.0. The SMILES string of the molecule is C[C@H](N)CC(=O)N[C@@H](CCCCN)C(=O)N(C)[C@@H]1C(=O)N[C@@H](C)C(=O)N[C@H](C(=O)O)CC2=CCC(O)C(=C2)C2=C(O)C=CC1C2. The molecular weight excluding hydrogens is 584 g/mol. The molecule has 45 heavy (non-hydrogen) atoms. The first kappa shape index (κ1) is 35.5. The number of hydrogen-bond donors (Lipinski definition) is 8. The molecule has 7 atom stereocenters. The second-order valence-electron chi connectivity index (χ2n) is 12.0. The number of fused-ring (bicyclic) bond motifs is 4. The summed E-state index contributed by atoms with van der Waals surface area (Å²) in [6.45, 7) is 3.46. The normalized spacial score (nSPS) is 26.8. The molecule has 10 N–H and O–H groups in total. The molecule has 0 spiro atoms. The monoisotopic (exact) mass is 630 g/mol. The first-order chi connectivity index (χ1) is 21.2. The van der Waals surface area contributed by atoms with E-state index in [1.807, 2.05) is 0 Å². The van der Waals surface area contributed by atoms with Crippen molar-refractivity contribution in [3.8, 4) is 0 Å². The molecule has 0 aromatic heterocycles. The third kappa shape index (κ3) is 9.25. The summed E-state index contributed by atoms with van der Waals surface area (Å²) in [7, 11) is 1.43. The van der Waals surface area contributed by atoms with Crippen molar-refractivity contribution < 1.29 is 39.3 Å². The van der Waals surface area contributed by atoms with E-state index in [1.165, 1.54) is 24.9 Å². The predicted molar refractivity (Wildman–Crippen MR) is 165 cm³/mol. The summed E-state index contributed by atoms with van der Waals surface area (Å²) in [5, 5.41) is 39.4. The summed E-state index contributed by atoms with van der Waals surface area (Å²) in [5.41, 5.74) is 12.7. The Morgan fingerprint density at radius 1 is 1.16 bits per heavy atom. The smallest absolute Gasteiger partial charge is 0.326 e. The third-order valence-corrected chi connectivity index (χ3v) is 8.24. The summed E-state index contributed by atoms with van der Waals surface area (Å²) in [6.07, 6.45) is 6.77. The molecule has 2 aliphatic carbocycles. The van der Waals surface area contributed by atoms with E-state index in [4.69, 9.17) is 11.5 Å². The van der Waals surface area contributed by atoms with E-state index < -0.39 is 71.8 Å². The lowest BCUT2D eigenvalue weighted by Crippen LogP contribution is -2.59. The highest BCUT2D eigenvalue weighted by atomic mass is 16.4. The Morgan fingerprint density at radius 2 is 1.87 bits per heavy atom. The molecule has 0 aromatic rings. The number of aliphatic hydroxyl groups is 2. The van der Waals surface area contributed by atoms with Crippen LogP contribution in [0.15, 0.2) is 46.8 Å². The predicted octanol–water partition coefficient (Wildman–Crippen LogP) is -0.352. The van der Waals surface area contributed by atoms with E-state index in [2.05, 4.69) is 16.0 Å². The average molecular weight is 631 g/mol. The van der Waals surface area contributed by atoms with Crippen LogP contribution in [0.4, 0.5) is 0 Å². The van der Waals surface area contributed by atoms with Gasteiger partial charge in [0.15, 0.2) is 0 Å². The highest BCUT2D eigenvalue weighted by Gasteiger charge is 2.40. The molecule has 0 saturated carbocycles. The summed E-state index contributed by atoms with van der Waals surface area (Å²) in [6, 6.07) is -5.13. The second kappa shape index (κ2) is 15.8. The standard InChI is InChI=1S/C31H46N6O8/c1-16(33)12-26(40)35-22(6-4-5-11-32)30(43)37(3)27-19-8-10-25(39)21(15-19)20-13-18(7-9-24(20)38)14-23(31(44)45)36-28(41)17(2)34-29(27)42/h7-8,10,13,16-17,19,22-24,27,38-39H,4-6,9,11-12,14-15,32-33H2,1-3H3,(H,34,42)(H,35,40)(H,36,41)(H,44,45)/t16-,17-,19?,22-,23-,24?,27-/m0/s1. The van der Waals surface area contributed by atoms with Gasteiger partial charge in [-0.25, -0.2) is 4.79 Å². The van der Waals surface area contributed by atoms with Gasteiger partial charge in [0, 0.05) is 37.4 Å². The van der Waals surface area contributed by atoms with Crippen molar-refractivity contribution >= 4 is 29.6 Å². The molecule has 0 saturated heterocycles. The van der Waals surface area contributed by atoms with Crippen LogP contribution in [0.3, 0.4) is 0 Å². The number of amides is 4. The number of likely N-dealkylation sites (N-methyl/N-ethyl adjacent to an activating group) is 1. The Hall–Kier alpha value is -4.01. The molecule has 248 valence electrons. The van der Waals surface area contributed by atoms with Crippen LogP contribution in [0.5, 0.6) is 0 Å². The van der Waals surface area contributed by atoms with Crippen LogP contribution in [-0.2, 0) is 24.0 Å².